The molecule has 0 aromatic carbocycles. The van der Waals surface area contributed by atoms with Gasteiger partial charge < -0.3 is 5.32 Å². The molecule has 2 rings (SSSR count). The van der Waals surface area contributed by atoms with E-state index in [0.29, 0.717) is 10.8 Å². The lowest BCUT2D eigenvalue weighted by atomic mass is 9.85. The van der Waals surface area contributed by atoms with Crippen LogP contribution in [0, 0.1) is 22.7 Å². The number of hydrogen-bond acceptors (Lipinski definition) is 1. The summed E-state index contributed by atoms with van der Waals surface area (Å²) >= 11 is 0. The van der Waals surface area contributed by atoms with Gasteiger partial charge in [-0.05, 0) is 42.1 Å². The van der Waals surface area contributed by atoms with Crippen LogP contribution in [0.4, 0.5) is 0 Å². The molecule has 0 bridgehead atoms. The molecule has 0 radical (unpaired) electrons. The zero-order valence-electron chi connectivity index (χ0n) is 13.2. The molecule has 0 heterocycles. The van der Waals surface area contributed by atoms with Crippen LogP contribution in [0.2, 0.25) is 0 Å². The van der Waals surface area contributed by atoms with E-state index in [1.54, 1.807) is 0 Å². The fourth-order valence-electron chi connectivity index (χ4n) is 4.61. The summed E-state index contributed by atoms with van der Waals surface area (Å²) < 4.78 is 0. The molecule has 2 aliphatic carbocycles. The summed E-state index contributed by atoms with van der Waals surface area (Å²) in [5.41, 5.74) is 1.04. The Kier molecular flexibility index (Phi) is 4.11. The third kappa shape index (κ3) is 2.35. The molecule has 0 aromatic rings. The van der Waals surface area contributed by atoms with E-state index in [9.17, 15) is 0 Å². The van der Waals surface area contributed by atoms with Gasteiger partial charge in [0.25, 0.3) is 0 Å². The molecule has 0 spiro atoms. The highest BCUT2D eigenvalue weighted by molar-refractivity contribution is 5.17. The first-order valence-corrected chi connectivity index (χ1v) is 8.16. The lowest BCUT2D eigenvalue weighted by Crippen LogP contribution is -2.40. The Bertz CT molecular complexity index is 257. The van der Waals surface area contributed by atoms with Gasteiger partial charge in [-0.2, -0.15) is 0 Å². The molecule has 0 saturated heterocycles. The molecule has 2 aliphatic rings. The van der Waals surface area contributed by atoms with Crippen molar-refractivity contribution in [3.8, 4) is 0 Å². The number of hydrogen-bond donors (Lipinski definition) is 1. The second-order valence-corrected chi connectivity index (χ2v) is 7.76. The van der Waals surface area contributed by atoms with Crippen LogP contribution in [-0.2, 0) is 0 Å². The van der Waals surface area contributed by atoms with Gasteiger partial charge in [-0.15, -0.1) is 0 Å². The fourth-order valence-corrected chi connectivity index (χ4v) is 4.61. The van der Waals surface area contributed by atoms with E-state index in [2.05, 4.69) is 39.9 Å². The summed E-state index contributed by atoms with van der Waals surface area (Å²) in [6.45, 7) is 13.3. The van der Waals surface area contributed by atoms with Gasteiger partial charge >= 0.3 is 0 Å². The van der Waals surface area contributed by atoms with Crippen molar-refractivity contribution in [3.05, 3.63) is 0 Å². The first-order chi connectivity index (χ1) is 8.43. The number of nitrogens with one attached hydrogen (secondary N) is 1. The van der Waals surface area contributed by atoms with Crippen LogP contribution in [0.25, 0.3) is 0 Å². The summed E-state index contributed by atoms with van der Waals surface area (Å²) in [6.07, 6.45) is 8.76. The van der Waals surface area contributed by atoms with E-state index in [4.69, 9.17) is 0 Å². The molecule has 2 fully saturated rings. The highest BCUT2D eigenvalue weighted by Crippen LogP contribution is 2.70. The Morgan fingerprint density at radius 2 is 1.44 bits per heavy atom. The molecule has 2 saturated carbocycles. The molecular formula is C17H33N. The van der Waals surface area contributed by atoms with Crippen molar-refractivity contribution in [1.82, 2.24) is 5.32 Å². The molecule has 0 aromatic heterocycles. The average Bonchev–Trinajstić information content (AvgIpc) is 2.84. The van der Waals surface area contributed by atoms with Gasteiger partial charge in [-0.25, -0.2) is 0 Å². The fraction of sp³-hybridized carbons (Fsp3) is 1.00. The van der Waals surface area contributed by atoms with E-state index in [-0.39, 0.29) is 0 Å². The van der Waals surface area contributed by atoms with Crippen LogP contribution in [-0.4, -0.2) is 12.6 Å². The monoisotopic (exact) mass is 251 g/mol. The maximum absolute atomic E-state index is 3.85. The second-order valence-electron chi connectivity index (χ2n) is 7.76. The third-order valence-corrected chi connectivity index (χ3v) is 6.34. The van der Waals surface area contributed by atoms with Gasteiger partial charge in [0, 0.05) is 6.04 Å². The van der Waals surface area contributed by atoms with Crippen LogP contribution < -0.4 is 5.32 Å². The quantitative estimate of drug-likeness (QED) is 0.719. The first kappa shape index (κ1) is 14.4. The minimum Gasteiger partial charge on any atom is -0.314 e. The van der Waals surface area contributed by atoms with Gasteiger partial charge in [0.05, 0.1) is 0 Å². The Hall–Kier alpha value is -0.0400. The molecule has 18 heavy (non-hydrogen) atoms. The van der Waals surface area contributed by atoms with Gasteiger partial charge in [0.1, 0.15) is 0 Å². The van der Waals surface area contributed by atoms with Crippen molar-refractivity contribution in [2.24, 2.45) is 22.7 Å². The molecule has 0 aliphatic heterocycles. The van der Waals surface area contributed by atoms with Crippen molar-refractivity contribution < 1.29 is 0 Å². The van der Waals surface area contributed by atoms with Crippen LogP contribution >= 0.6 is 0 Å². The molecule has 1 atom stereocenters. The van der Waals surface area contributed by atoms with E-state index >= 15 is 0 Å². The zero-order valence-corrected chi connectivity index (χ0v) is 13.2. The van der Waals surface area contributed by atoms with Gasteiger partial charge in [0.15, 0.2) is 0 Å². The van der Waals surface area contributed by atoms with Crippen LogP contribution in [0.3, 0.4) is 0 Å². The molecule has 1 N–H and O–H groups in total. The van der Waals surface area contributed by atoms with Crippen molar-refractivity contribution in [1.29, 1.82) is 0 Å². The summed E-state index contributed by atoms with van der Waals surface area (Å²) in [5, 5.41) is 3.85. The van der Waals surface area contributed by atoms with Crippen molar-refractivity contribution >= 4 is 0 Å². The van der Waals surface area contributed by atoms with E-state index in [0.717, 1.165) is 24.4 Å². The highest BCUT2D eigenvalue weighted by atomic mass is 15.0. The Morgan fingerprint density at radius 1 is 0.944 bits per heavy atom. The first-order valence-electron chi connectivity index (χ1n) is 8.16. The zero-order chi connectivity index (χ0) is 13.4. The second kappa shape index (κ2) is 5.15. The topological polar surface area (TPSA) is 12.0 Å². The van der Waals surface area contributed by atoms with Crippen LogP contribution in [0.1, 0.15) is 73.1 Å². The molecular weight excluding hydrogens is 218 g/mol. The van der Waals surface area contributed by atoms with Crippen molar-refractivity contribution in [3.63, 3.8) is 0 Å². The van der Waals surface area contributed by atoms with E-state index in [1.807, 2.05) is 0 Å². The predicted octanol–water partition coefficient (Wildman–Crippen LogP) is 4.62. The summed E-state index contributed by atoms with van der Waals surface area (Å²) in [4.78, 5) is 0. The van der Waals surface area contributed by atoms with E-state index in [1.165, 1.54) is 38.5 Å². The Balaban J connectivity index is 2.09. The third-order valence-electron chi connectivity index (χ3n) is 6.34. The van der Waals surface area contributed by atoms with Gasteiger partial charge in [-0.1, -0.05) is 60.3 Å². The minimum absolute atomic E-state index is 0.520. The summed E-state index contributed by atoms with van der Waals surface area (Å²) in [7, 11) is 0. The van der Waals surface area contributed by atoms with E-state index < -0.39 is 0 Å². The lowest BCUT2D eigenvalue weighted by molar-refractivity contribution is 0.264. The standard InChI is InChI=1S/C17H33N/c1-6-18-14(13-11-9-7-8-10-12-13)15-16(2,3)17(15,4)5/h13-15,18H,6-12H2,1-5H3. The molecule has 106 valence electrons. The maximum atomic E-state index is 3.85. The number of rotatable bonds is 4. The SMILES string of the molecule is CCNC(C1CCCCCC1)C1C(C)(C)C1(C)C. The lowest BCUT2D eigenvalue weighted by Gasteiger charge is -2.29. The molecule has 1 heteroatoms. The summed E-state index contributed by atoms with van der Waals surface area (Å²) in [6, 6.07) is 0.762. The largest absolute Gasteiger partial charge is 0.314 e. The van der Waals surface area contributed by atoms with Crippen LogP contribution in [0.15, 0.2) is 0 Å². The Morgan fingerprint density at radius 3 is 1.83 bits per heavy atom. The predicted molar refractivity (Wildman–Crippen MR) is 79.7 cm³/mol. The molecule has 1 unspecified atom stereocenters. The normalized spacial score (nSPS) is 29.8. The van der Waals surface area contributed by atoms with Crippen molar-refractivity contribution in [2.75, 3.05) is 6.54 Å². The van der Waals surface area contributed by atoms with Crippen LogP contribution in [0.5, 0.6) is 0 Å². The average molecular weight is 251 g/mol. The maximum Gasteiger partial charge on any atom is 0.0134 e. The van der Waals surface area contributed by atoms with Gasteiger partial charge in [0.2, 0.25) is 0 Å². The molecule has 1 nitrogen and oxygen atoms in total. The molecule has 0 amide bonds. The van der Waals surface area contributed by atoms with Crippen molar-refractivity contribution in [2.45, 2.75) is 79.2 Å². The smallest absolute Gasteiger partial charge is 0.0134 e. The highest BCUT2D eigenvalue weighted by Gasteiger charge is 2.67. The summed E-state index contributed by atoms with van der Waals surface area (Å²) in [5.74, 6) is 1.80. The minimum atomic E-state index is 0.520. The van der Waals surface area contributed by atoms with Gasteiger partial charge in [-0.3, -0.25) is 0 Å². The Labute approximate surface area is 114 Å².